The summed E-state index contributed by atoms with van der Waals surface area (Å²) in [6.07, 6.45) is 1.81. The van der Waals surface area contributed by atoms with Gasteiger partial charge < -0.3 is 0 Å². The second-order valence-electron chi connectivity index (χ2n) is 2.22. The summed E-state index contributed by atoms with van der Waals surface area (Å²) < 4.78 is 2.29. The highest BCUT2D eigenvalue weighted by Gasteiger charge is 2.00. The molecule has 0 saturated carbocycles. The van der Waals surface area contributed by atoms with Crippen LogP contribution in [-0.4, -0.2) is 10.2 Å². The molecule has 0 aliphatic rings. The van der Waals surface area contributed by atoms with Gasteiger partial charge in [0, 0.05) is 13.4 Å². The molecule has 0 bridgehead atoms. The predicted octanol–water partition coefficient (Wildman–Crippen LogP) is 2.93. The molecule has 0 aliphatic heterocycles. The zero-order valence-electron chi connectivity index (χ0n) is 5.44. The van der Waals surface area contributed by atoms with E-state index in [2.05, 4.69) is 60.9 Å². The monoisotopic (exact) mass is 322 g/mol. The molecule has 0 saturated heterocycles. The van der Waals surface area contributed by atoms with Crippen molar-refractivity contribution in [1.82, 2.24) is 10.2 Å². The topological polar surface area (TPSA) is 28.7 Å². The molecule has 0 unspecified atom stereocenters. The number of rotatable bonds is 0. The Balaban J connectivity index is 2.91. The first-order valence-corrected chi connectivity index (χ1v) is 4.92. The molecule has 0 radical (unpaired) electrons. The van der Waals surface area contributed by atoms with Gasteiger partial charge in [0.1, 0.15) is 0 Å². The number of benzene rings is 1. The van der Waals surface area contributed by atoms with Crippen molar-refractivity contribution in [2.24, 2.45) is 0 Å². The molecule has 0 aliphatic carbocycles. The van der Waals surface area contributed by atoms with Crippen LogP contribution in [-0.2, 0) is 0 Å². The van der Waals surface area contributed by atoms with E-state index >= 15 is 0 Å². The van der Waals surface area contributed by atoms with E-state index in [-0.39, 0.29) is 0 Å². The van der Waals surface area contributed by atoms with Gasteiger partial charge in [-0.15, -0.1) is 0 Å². The smallest absolute Gasteiger partial charge is 0.0672 e. The Kier molecular flexibility index (Phi) is 1.88. The molecular formula is C7H4BrIN2. The molecule has 1 aromatic carbocycles. The van der Waals surface area contributed by atoms with Crippen LogP contribution >= 0.6 is 38.5 Å². The van der Waals surface area contributed by atoms with Gasteiger partial charge in [0.25, 0.3) is 0 Å². The molecule has 1 aromatic heterocycles. The van der Waals surface area contributed by atoms with Gasteiger partial charge in [0.15, 0.2) is 0 Å². The Bertz CT molecular complexity index is 396. The minimum atomic E-state index is 1.07. The van der Waals surface area contributed by atoms with Gasteiger partial charge in [-0.3, -0.25) is 5.10 Å². The molecule has 0 spiro atoms. The number of aromatic nitrogens is 2. The maximum atomic E-state index is 3.94. The summed E-state index contributed by atoms with van der Waals surface area (Å²) in [5, 5.41) is 7.99. The number of nitrogens with zero attached hydrogens (tertiary/aromatic N) is 1. The van der Waals surface area contributed by atoms with E-state index in [1.807, 2.05) is 6.20 Å². The van der Waals surface area contributed by atoms with Crippen molar-refractivity contribution in [2.75, 3.05) is 0 Å². The second kappa shape index (κ2) is 2.75. The summed E-state index contributed by atoms with van der Waals surface area (Å²) in [6, 6.07) is 4.13. The maximum absolute atomic E-state index is 3.94. The SMILES string of the molecule is Brc1cc(I)cc2[nH]ncc12. The van der Waals surface area contributed by atoms with Crippen molar-refractivity contribution in [3.8, 4) is 0 Å². The van der Waals surface area contributed by atoms with Crippen LogP contribution in [0, 0.1) is 3.57 Å². The fraction of sp³-hybridized carbons (Fsp3) is 0. The van der Waals surface area contributed by atoms with Crippen molar-refractivity contribution in [3.63, 3.8) is 0 Å². The third-order valence-corrected chi connectivity index (χ3v) is 2.75. The number of hydrogen-bond acceptors (Lipinski definition) is 1. The van der Waals surface area contributed by atoms with Crippen molar-refractivity contribution in [1.29, 1.82) is 0 Å². The molecule has 0 atom stereocenters. The van der Waals surface area contributed by atoms with Gasteiger partial charge in [-0.1, -0.05) is 15.9 Å². The van der Waals surface area contributed by atoms with E-state index in [0.717, 1.165) is 15.4 Å². The highest BCUT2D eigenvalue weighted by Crippen LogP contribution is 2.24. The highest BCUT2D eigenvalue weighted by atomic mass is 127. The lowest BCUT2D eigenvalue weighted by molar-refractivity contribution is 1.12. The molecule has 1 N–H and O–H groups in total. The Morgan fingerprint density at radius 3 is 3.09 bits per heavy atom. The van der Waals surface area contributed by atoms with Crippen molar-refractivity contribution >= 4 is 49.4 Å². The van der Waals surface area contributed by atoms with Crippen LogP contribution in [0.3, 0.4) is 0 Å². The normalized spacial score (nSPS) is 10.7. The van der Waals surface area contributed by atoms with Crippen LogP contribution in [0.25, 0.3) is 10.9 Å². The first-order valence-electron chi connectivity index (χ1n) is 3.05. The van der Waals surface area contributed by atoms with E-state index in [1.165, 1.54) is 3.57 Å². The lowest BCUT2D eigenvalue weighted by Crippen LogP contribution is -1.73. The Morgan fingerprint density at radius 1 is 1.45 bits per heavy atom. The van der Waals surface area contributed by atoms with Crippen LogP contribution in [0.4, 0.5) is 0 Å². The first-order chi connectivity index (χ1) is 5.27. The lowest BCUT2D eigenvalue weighted by Gasteiger charge is -1.93. The molecule has 4 heteroatoms. The molecule has 11 heavy (non-hydrogen) atoms. The third kappa shape index (κ3) is 1.29. The van der Waals surface area contributed by atoms with Crippen LogP contribution < -0.4 is 0 Å². The quantitative estimate of drug-likeness (QED) is 0.742. The number of fused-ring (bicyclic) bond motifs is 1. The summed E-state index contributed by atoms with van der Waals surface area (Å²) >= 11 is 5.74. The number of aromatic amines is 1. The van der Waals surface area contributed by atoms with E-state index < -0.39 is 0 Å². The standard InChI is InChI=1S/C7H4BrIN2/c8-6-1-4(9)2-7-5(6)3-10-11-7/h1-3H,(H,10,11). The zero-order chi connectivity index (χ0) is 7.84. The number of hydrogen-bond donors (Lipinski definition) is 1. The van der Waals surface area contributed by atoms with Crippen molar-refractivity contribution < 1.29 is 0 Å². The van der Waals surface area contributed by atoms with Crippen LogP contribution in [0.5, 0.6) is 0 Å². The average molecular weight is 323 g/mol. The van der Waals surface area contributed by atoms with Gasteiger partial charge in [0.05, 0.1) is 11.7 Å². The minimum absolute atomic E-state index is 1.07. The van der Waals surface area contributed by atoms with Gasteiger partial charge in [0.2, 0.25) is 0 Å². The Labute approximate surface area is 85.6 Å². The maximum Gasteiger partial charge on any atom is 0.0672 e. The molecule has 2 aromatic rings. The molecule has 0 fully saturated rings. The first kappa shape index (κ1) is 7.54. The summed E-state index contributed by atoms with van der Waals surface area (Å²) in [5.74, 6) is 0. The molecular weight excluding hydrogens is 319 g/mol. The Hall–Kier alpha value is -0.100. The minimum Gasteiger partial charge on any atom is -0.278 e. The van der Waals surface area contributed by atoms with Gasteiger partial charge in [-0.05, 0) is 34.7 Å². The predicted molar refractivity (Wildman–Crippen MR) is 56.5 cm³/mol. The van der Waals surface area contributed by atoms with Crippen molar-refractivity contribution in [2.45, 2.75) is 0 Å². The summed E-state index contributed by atoms with van der Waals surface area (Å²) in [6.45, 7) is 0. The fourth-order valence-corrected chi connectivity index (χ4v) is 2.59. The number of nitrogens with one attached hydrogen (secondary N) is 1. The van der Waals surface area contributed by atoms with Crippen LogP contribution in [0.2, 0.25) is 0 Å². The van der Waals surface area contributed by atoms with E-state index in [1.54, 1.807) is 0 Å². The summed E-state index contributed by atoms with van der Waals surface area (Å²) in [5.41, 5.74) is 1.07. The van der Waals surface area contributed by atoms with Crippen LogP contribution in [0.1, 0.15) is 0 Å². The highest BCUT2D eigenvalue weighted by molar-refractivity contribution is 14.1. The average Bonchev–Trinajstić information content (AvgIpc) is 2.34. The fourth-order valence-electron chi connectivity index (χ4n) is 0.975. The van der Waals surface area contributed by atoms with Crippen LogP contribution in [0.15, 0.2) is 22.8 Å². The third-order valence-electron chi connectivity index (χ3n) is 1.47. The van der Waals surface area contributed by atoms with E-state index in [0.29, 0.717) is 0 Å². The van der Waals surface area contributed by atoms with Gasteiger partial charge >= 0.3 is 0 Å². The number of H-pyrrole nitrogens is 1. The van der Waals surface area contributed by atoms with Crippen molar-refractivity contribution in [3.05, 3.63) is 26.4 Å². The number of halogens is 2. The van der Waals surface area contributed by atoms with Gasteiger partial charge in [-0.2, -0.15) is 5.10 Å². The van der Waals surface area contributed by atoms with E-state index in [9.17, 15) is 0 Å². The summed E-state index contributed by atoms with van der Waals surface area (Å²) in [4.78, 5) is 0. The lowest BCUT2D eigenvalue weighted by atomic mass is 10.3. The molecule has 56 valence electrons. The molecule has 1 heterocycles. The largest absolute Gasteiger partial charge is 0.278 e. The molecule has 0 amide bonds. The van der Waals surface area contributed by atoms with Gasteiger partial charge in [-0.25, -0.2) is 0 Å². The second-order valence-corrected chi connectivity index (χ2v) is 4.32. The molecule has 2 rings (SSSR count). The molecule has 2 nitrogen and oxygen atoms in total. The zero-order valence-corrected chi connectivity index (χ0v) is 9.18. The van der Waals surface area contributed by atoms with E-state index in [4.69, 9.17) is 0 Å². The Morgan fingerprint density at radius 2 is 2.27 bits per heavy atom. The summed E-state index contributed by atoms with van der Waals surface area (Å²) in [7, 11) is 0.